The van der Waals surface area contributed by atoms with Gasteiger partial charge in [0.2, 0.25) is 0 Å². The smallest absolute Gasteiger partial charge is 0.126 e. The van der Waals surface area contributed by atoms with Gasteiger partial charge in [-0.2, -0.15) is 0 Å². The van der Waals surface area contributed by atoms with E-state index in [0.717, 1.165) is 18.5 Å². The molecule has 0 aliphatic rings. The first-order valence-corrected chi connectivity index (χ1v) is 4.67. The predicted octanol–water partition coefficient (Wildman–Crippen LogP) is 2.37. The Morgan fingerprint density at radius 2 is 2.00 bits per heavy atom. The Morgan fingerprint density at radius 1 is 1.31 bits per heavy atom. The lowest BCUT2D eigenvalue weighted by atomic mass is 10.1. The third kappa shape index (κ3) is 3.55. The Kier molecular flexibility index (Phi) is 3.90. The summed E-state index contributed by atoms with van der Waals surface area (Å²) in [5.74, 6) is -0.104. The van der Waals surface area contributed by atoms with Crippen LogP contribution in [0.4, 0.5) is 4.39 Å². The summed E-state index contributed by atoms with van der Waals surface area (Å²) >= 11 is 0. The average molecular weight is 181 g/mol. The molecule has 0 aliphatic carbocycles. The quantitative estimate of drug-likeness (QED) is 0.752. The van der Waals surface area contributed by atoms with Crippen LogP contribution in [0.3, 0.4) is 0 Å². The van der Waals surface area contributed by atoms with E-state index < -0.39 is 0 Å². The molecule has 0 spiro atoms. The molecule has 0 aromatic heterocycles. The first-order chi connectivity index (χ1) is 6.20. The van der Waals surface area contributed by atoms with E-state index in [1.54, 1.807) is 6.07 Å². The standard InChI is InChI=1S/C11H16FN/c1-9(2)13-8-7-10-5-3-4-6-11(10)12/h3-6,9,13H,7-8H2,1-2H3. The second-order valence-electron chi connectivity index (χ2n) is 3.45. The second-order valence-corrected chi connectivity index (χ2v) is 3.45. The lowest BCUT2D eigenvalue weighted by Gasteiger charge is -2.07. The van der Waals surface area contributed by atoms with E-state index >= 15 is 0 Å². The fourth-order valence-electron chi connectivity index (χ4n) is 1.20. The Bertz CT molecular complexity index is 258. The van der Waals surface area contributed by atoms with Crippen molar-refractivity contribution >= 4 is 0 Å². The van der Waals surface area contributed by atoms with E-state index in [-0.39, 0.29) is 5.82 Å². The number of hydrogen-bond acceptors (Lipinski definition) is 1. The summed E-state index contributed by atoms with van der Waals surface area (Å²) in [7, 11) is 0. The molecule has 1 aromatic rings. The molecule has 0 amide bonds. The van der Waals surface area contributed by atoms with Crippen molar-refractivity contribution in [3.05, 3.63) is 35.6 Å². The van der Waals surface area contributed by atoms with E-state index in [4.69, 9.17) is 0 Å². The molecule has 0 aliphatic heterocycles. The number of benzene rings is 1. The monoisotopic (exact) mass is 181 g/mol. The van der Waals surface area contributed by atoms with Crippen LogP contribution < -0.4 is 5.32 Å². The van der Waals surface area contributed by atoms with Crippen LogP contribution in [0.25, 0.3) is 0 Å². The highest BCUT2D eigenvalue weighted by molar-refractivity contribution is 5.17. The molecule has 0 radical (unpaired) electrons. The zero-order chi connectivity index (χ0) is 9.68. The average Bonchev–Trinajstić information content (AvgIpc) is 2.08. The van der Waals surface area contributed by atoms with Gasteiger partial charge in [0.1, 0.15) is 5.82 Å². The minimum atomic E-state index is -0.104. The van der Waals surface area contributed by atoms with Gasteiger partial charge in [0.25, 0.3) is 0 Å². The van der Waals surface area contributed by atoms with Gasteiger partial charge in [-0.3, -0.25) is 0 Å². The molecule has 0 fully saturated rings. The fraction of sp³-hybridized carbons (Fsp3) is 0.455. The number of halogens is 1. The van der Waals surface area contributed by atoms with E-state index in [1.807, 2.05) is 12.1 Å². The van der Waals surface area contributed by atoms with Gasteiger partial charge >= 0.3 is 0 Å². The third-order valence-corrected chi connectivity index (χ3v) is 1.90. The van der Waals surface area contributed by atoms with Crippen molar-refractivity contribution in [1.29, 1.82) is 0 Å². The van der Waals surface area contributed by atoms with Crippen LogP contribution in [0, 0.1) is 5.82 Å². The molecule has 1 aromatic carbocycles. The van der Waals surface area contributed by atoms with Crippen molar-refractivity contribution in [2.75, 3.05) is 6.54 Å². The van der Waals surface area contributed by atoms with Crippen LogP contribution in [0.15, 0.2) is 24.3 Å². The maximum Gasteiger partial charge on any atom is 0.126 e. The largest absolute Gasteiger partial charge is 0.314 e. The van der Waals surface area contributed by atoms with Crippen molar-refractivity contribution in [3.63, 3.8) is 0 Å². The zero-order valence-corrected chi connectivity index (χ0v) is 8.18. The molecule has 0 atom stereocenters. The molecule has 2 heteroatoms. The highest BCUT2D eigenvalue weighted by atomic mass is 19.1. The van der Waals surface area contributed by atoms with Crippen molar-refractivity contribution in [3.8, 4) is 0 Å². The molecule has 0 unspecified atom stereocenters. The summed E-state index contributed by atoms with van der Waals surface area (Å²) in [6.07, 6.45) is 0.755. The predicted molar refractivity (Wildman–Crippen MR) is 53.2 cm³/mol. The Balaban J connectivity index is 2.41. The summed E-state index contributed by atoms with van der Waals surface area (Å²) in [6, 6.07) is 7.39. The molecular weight excluding hydrogens is 165 g/mol. The van der Waals surface area contributed by atoms with E-state index in [9.17, 15) is 4.39 Å². The topological polar surface area (TPSA) is 12.0 Å². The Labute approximate surface area is 79.0 Å². The summed E-state index contributed by atoms with van der Waals surface area (Å²) in [5, 5.41) is 3.25. The first kappa shape index (κ1) is 10.2. The minimum Gasteiger partial charge on any atom is -0.314 e. The van der Waals surface area contributed by atoms with Crippen LogP contribution in [0.5, 0.6) is 0 Å². The van der Waals surface area contributed by atoms with Gasteiger partial charge in [0, 0.05) is 6.04 Å². The molecule has 0 saturated heterocycles. The van der Waals surface area contributed by atoms with Gasteiger partial charge in [0.05, 0.1) is 0 Å². The summed E-state index contributed by atoms with van der Waals surface area (Å²) in [5.41, 5.74) is 0.788. The maximum atomic E-state index is 13.1. The highest BCUT2D eigenvalue weighted by Gasteiger charge is 1.99. The van der Waals surface area contributed by atoms with Gasteiger partial charge in [-0.05, 0) is 24.6 Å². The molecule has 0 saturated carbocycles. The van der Waals surface area contributed by atoms with Gasteiger partial charge < -0.3 is 5.32 Å². The zero-order valence-electron chi connectivity index (χ0n) is 8.18. The van der Waals surface area contributed by atoms with Crippen LogP contribution in [0.2, 0.25) is 0 Å². The first-order valence-electron chi connectivity index (χ1n) is 4.67. The minimum absolute atomic E-state index is 0.104. The van der Waals surface area contributed by atoms with E-state index in [0.29, 0.717) is 6.04 Å². The van der Waals surface area contributed by atoms with Gasteiger partial charge in [-0.15, -0.1) is 0 Å². The normalized spacial score (nSPS) is 10.8. The lowest BCUT2D eigenvalue weighted by molar-refractivity contribution is 0.568. The summed E-state index contributed by atoms with van der Waals surface area (Å²) in [4.78, 5) is 0. The van der Waals surface area contributed by atoms with E-state index in [1.165, 1.54) is 6.07 Å². The Morgan fingerprint density at radius 3 is 2.62 bits per heavy atom. The van der Waals surface area contributed by atoms with Gasteiger partial charge in [-0.25, -0.2) is 4.39 Å². The van der Waals surface area contributed by atoms with Crippen molar-refractivity contribution in [2.45, 2.75) is 26.3 Å². The molecular formula is C11H16FN. The van der Waals surface area contributed by atoms with E-state index in [2.05, 4.69) is 19.2 Å². The van der Waals surface area contributed by atoms with Gasteiger partial charge in [-0.1, -0.05) is 32.0 Å². The molecule has 72 valence electrons. The van der Waals surface area contributed by atoms with Crippen LogP contribution >= 0.6 is 0 Å². The van der Waals surface area contributed by atoms with Crippen molar-refractivity contribution in [1.82, 2.24) is 5.32 Å². The molecule has 1 rings (SSSR count). The molecule has 13 heavy (non-hydrogen) atoms. The van der Waals surface area contributed by atoms with Crippen molar-refractivity contribution < 1.29 is 4.39 Å². The Hall–Kier alpha value is -0.890. The molecule has 0 bridgehead atoms. The second kappa shape index (κ2) is 4.97. The highest BCUT2D eigenvalue weighted by Crippen LogP contribution is 2.06. The number of rotatable bonds is 4. The van der Waals surface area contributed by atoms with Crippen LogP contribution in [-0.4, -0.2) is 12.6 Å². The van der Waals surface area contributed by atoms with Gasteiger partial charge in [0.15, 0.2) is 0 Å². The van der Waals surface area contributed by atoms with Crippen molar-refractivity contribution in [2.24, 2.45) is 0 Å². The maximum absolute atomic E-state index is 13.1. The number of hydrogen-bond donors (Lipinski definition) is 1. The third-order valence-electron chi connectivity index (χ3n) is 1.90. The summed E-state index contributed by atoms with van der Waals surface area (Å²) in [6.45, 7) is 5.00. The van der Waals surface area contributed by atoms with Crippen LogP contribution in [0.1, 0.15) is 19.4 Å². The summed E-state index contributed by atoms with van der Waals surface area (Å²) < 4.78 is 13.1. The number of nitrogens with one attached hydrogen (secondary N) is 1. The lowest BCUT2D eigenvalue weighted by Crippen LogP contribution is -2.25. The molecule has 0 heterocycles. The fourth-order valence-corrected chi connectivity index (χ4v) is 1.20. The molecule has 1 nitrogen and oxygen atoms in total. The molecule has 1 N–H and O–H groups in total. The van der Waals surface area contributed by atoms with Crippen LogP contribution in [-0.2, 0) is 6.42 Å². The SMILES string of the molecule is CC(C)NCCc1ccccc1F.